The zero-order valence-corrected chi connectivity index (χ0v) is 15.4. The van der Waals surface area contributed by atoms with Crippen LogP contribution >= 0.6 is 0 Å². The predicted octanol–water partition coefficient (Wildman–Crippen LogP) is 2.31. The summed E-state index contributed by atoms with van der Waals surface area (Å²) < 4.78 is 16.1. The van der Waals surface area contributed by atoms with Crippen LogP contribution in [0.3, 0.4) is 0 Å². The van der Waals surface area contributed by atoms with Crippen molar-refractivity contribution in [3.63, 3.8) is 0 Å². The summed E-state index contributed by atoms with van der Waals surface area (Å²) in [7, 11) is 0. The van der Waals surface area contributed by atoms with Crippen LogP contribution in [-0.4, -0.2) is 55.4 Å². The number of fused-ring (bicyclic) bond motifs is 1. The summed E-state index contributed by atoms with van der Waals surface area (Å²) in [6.07, 6.45) is 1.66. The largest absolute Gasteiger partial charge is 0.454 e. The molecule has 0 unspecified atom stereocenters. The Morgan fingerprint density at radius 3 is 2.70 bits per heavy atom. The number of pyridine rings is 1. The lowest BCUT2D eigenvalue weighted by atomic mass is 10.1. The molecule has 1 aromatic heterocycles. The summed E-state index contributed by atoms with van der Waals surface area (Å²) in [6.45, 7) is 6.41. The molecular formula is C20H23N3O4. The van der Waals surface area contributed by atoms with Gasteiger partial charge >= 0.3 is 0 Å². The molecule has 1 amide bonds. The van der Waals surface area contributed by atoms with E-state index in [9.17, 15) is 4.79 Å². The Balaban J connectivity index is 1.45. The fourth-order valence-corrected chi connectivity index (χ4v) is 3.26. The van der Waals surface area contributed by atoms with E-state index in [0.29, 0.717) is 31.9 Å². The lowest BCUT2D eigenvalue weighted by molar-refractivity contribution is 0.0752. The smallest absolute Gasteiger partial charge is 0.255 e. The molecule has 7 nitrogen and oxygen atoms in total. The van der Waals surface area contributed by atoms with E-state index >= 15 is 0 Å². The van der Waals surface area contributed by atoms with Gasteiger partial charge in [0.1, 0.15) is 5.82 Å². The fourth-order valence-electron chi connectivity index (χ4n) is 3.26. The van der Waals surface area contributed by atoms with E-state index < -0.39 is 0 Å². The summed E-state index contributed by atoms with van der Waals surface area (Å²) >= 11 is 0. The van der Waals surface area contributed by atoms with Crippen LogP contribution in [0.15, 0.2) is 36.5 Å². The second-order valence-electron chi connectivity index (χ2n) is 6.51. The number of benzene rings is 1. The lowest BCUT2D eigenvalue weighted by Gasteiger charge is -2.28. The summed E-state index contributed by atoms with van der Waals surface area (Å²) in [5.41, 5.74) is 1.60. The number of carbonyl (C=O) groups is 1. The number of hydrogen-bond donors (Lipinski definition) is 0. The Morgan fingerprint density at radius 1 is 1.15 bits per heavy atom. The molecule has 3 heterocycles. The van der Waals surface area contributed by atoms with E-state index in [1.165, 1.54) is 0 Å². The third kappa shape index (κ3) is 3.83. The van der Waals surface area contributed by atoms with E-state index in [1.807, 2.05) is 37.3 Å². The molecule has 142 valence electrons. The highest BCUT2D eigenvalue weighted by Gasteiger charge is 2.19. The van der Waals surface area contributed by atoms with Crippen LogP contribution in [-0.2, 0) is 11.3 Å². The van der Waals surface area contributed by atoms with Crippen molar-refractivity contribution >= 4 is 11.7 Å². The first kappa shape index (κ1) is 17.6. The summed E-state index contributed by atoms with van der Waals surface area (Å²) in [4.78, 5) is 21.3. The first-order valence-corrected chi connectivity index (χ1v) is 9.21. The standard InChI is InChI=1S/C20H23N3O4/c1-2-22(13-15-3-5-17-18(11-15)27-14-26-17)20(24)16-4-6-19(21-12-16)23-7-9-25-10-8-23/h3-6,11-12H,2,7-10,13-14H2,1H3. The Morgan fingerprint density at radius 2 is 1.96 bits per heavy atom. The van der Waals surface area contributed by atoms with Crippen LogP contribution in [0.2, 0.25) is 0 Å². The van der Waals surface area contributed by atoms with Crippen LogP contribution in [0.5, 0.6) is 11.5 Å². The van der Waals surface area contributed by atoms with E-state index in [0.717, 1.165) is 36.0 Å². The quantitative estimate of drug-likeness (QED) is 0.806. The van der Waals surface area contributed by atoms with Crippen LogP contribution in [0.1, 0.15) is 22.8 Å². The molecule has 0 bridgehead atoms. The molecule has 27 heavy (non-hydrogen) atoms. The Hall–Kier alpha value is -2.80. The summed E-state index contributed by atoms with van der Waals surface area (Å²) in [6, 6.07) is 9.53. The number of carbonyl (C=O) groups excluding carboxylic acids is 1. The Kier molecular flexibility index (Phi) is 5.11. The maximum Gasteiger partial charge on any atom is 0.255 e. The van der Waals surface area contributed by atoms with Crippen molar-refractivity contribution < 1.29 is 19.0 Å². The number of amides is 1. The molecule has 0 radical (unpaired) electrons. The van der Waals surface area contributed by atoms with Gasteiger partial charge in [0, 0.05) is 32.4 Å². The average molecular weight is 369 g/mol. The van der Waals surface area contributed by atoms with Gasteiger partial charge in [0.15, 0.2) is 11.5 Å². The molecule has 1 aromatic carbocycles. The van der Waals surface area contributed by atoms with Crippen molar-refractivity contribution in [3.8, 4) is 11.5 Å². The number of morpholine rings is 1. The molecule has 4 rings (SSSR count). The average Bonchev–Trinajstić information content (AvgIpc) is 3.20. The molecule has 7 heteroatoms. The van der Waals surface area contributed by atoms with E-state index in [2.05, 4.69) is 9.88 Å². The minimum Gasteiger partial charge on any atom is -0.454 e. The van der Waals surface area contributed by atoms with Crippen LogP contribution in [0.4, 0.5) is 5.82 Å². The summed E-state index contributed by atoms with van der Waals surface area (Å²) in [5, 5.41) is 0. The maximum atomic E-state index is 12.9. The molecule has 1 saturated heterocycles. The van der Waals surface area contributed by atoms with Gasteiger partial charge in [-0.05, 0) is 36.8 Å². The molecule has 2 aliphatic heterocycles. The number of ether oxygens (including phenoxy) is 3. The van der Waals surface area contributed by atoms with Gasteiger partial charge in [-0.1, -0.05) is 6.07 Å². The van der Waals surface area contributed by atoms with Crippen LogP contribution < -0.4 is 14.4 Å². The highest BCUT2D eigenvalue weighted by Crippen LogP contribution is 2.32. The monoisotopic (exact) mass is 369 g/mol. The van der Waals surface area contributed by atoms with E-state index in [-0.39, 0.29) is 12.7 Å². The van der Waals surface area contributed by atoms with Gasteiger partial charge in [0.25, 0.3) is 5.91 Å². The second-order valence-corrected chi connectivity index (χ2v) is 6.51. The van der Waals surface area contributed by atoms with Crippen LogP contribution in [0, 0.1) is 0 Å². The van der Waals surface area contributed by atoms with Crippen LogP contribution in [0.25, 0.3) is 0 Å². The number of aromatic nitrogens is 1. The zero-order chi connectivity index (χ0) is 18.6. The highest BCUT2D eigenvalue weighted by atomic mass is 16.7. The fraction of sp³-hybridized carbons (Fsp3) is 0.400. The van der Waals surface area contributed by atoms with Crippen molar-refractivity contribution in [2.45, 2.75) is 13.5 Å². The van der Waals surface area contributed by atoms with E-state index in [4.69, 9.17) is 14.2 Å². The molecule has 0 spiro atoms. The van der Waals surface area contributed by atoms with Gasteiger partial charge in [-0.2, -0.15) is 0 Å². The SMILES string of the molecule is CCN(Cc1ccc2c(c1)OCO2)C(=O)c1ccc(N2CCOCC2)nc1. The molecule has 0 saturated carbocycles. The van der Waals surface area contributed by atoms with Crippen molar-refractivity contribution in [1.29, 1.82) is 0 Å². The van der Waals surface area contributed by atoms with E-state index in [1.54, 1.807) is 11.1 Å². The highest BCUT2D eigenvalue weighted by molar-refractivity contribution is 5.94. The van der Waals surface area contributed by atoms with Crippen molar-refractivity contribution in [3.05, 3.63) is 47.7 Å². The predicted molar refractivity (Wildman–Crippen MR) is 100 cm³/mol. The van der Waals surface area contributed by atoms with Gasteiger partial charge in [-0.15, -0.1) is 0 Å². The molecule has 1 fully saturated rings. The molecule has 0 atom stereocenters. The molecule has 0 N–H and O–H groups in total. The third-order valence-corrected chi connectivity index (χ3v) is 4.81. The zero-order valence-electron chi connectivity index (χ0n) is 15.4. The topological polar surface area (TPSA) is 64.1 Å². The van der Waals surface area contributed by atoms with Crippen molar-refractivity contribution in [2.24, 2.45) is 0 Å². The van der Waals surface area contributed by atoms with Gasteiger partial charge in [-0.3, -0.25) is 4.79 Å². The first-order valence-electron chi connectivity index (χ1n) is 9.21. The van der Waals surface area contributed by atoms with Gasteiger partial charge in [0.05, 0.1) is 18.8 Å². The van der Waals surface area contributed by atoms with Crippen molar-refractivity contribution in [1.82, 2.24) is 9.88 Å². The Labute approximate surface area is 158 Å². The molecule has 2 aromatic rings. The third-order valence-electron chi connectivity index (χ3n) is 4.81. The van der Waals surface area contributed by atoms with Crippen molar-refractivity contribution in [2.75, 3.05) is 44.5 Å². The maximum absolute atomic E-state index is 12.9. The molecular weight excluding hydrogens is 346 g/mol. The normalized spacial score (nSPS) is 15.7. The number of nitrogens with zero attached hydrogens (tertiary/aromatic N) is 3. The molecule has 0 aliphatic carbocycles. The number of hydrogen-bond acceptors (Lipinski definition) is 6. The van der Waals surface area contributed by atoms with Gasteiger partial charge in [0.2, 0.25) is 6.79 Å². The first-order chi connectivity index (χ1) is 13.2. The number of anilines is 1. The minimum absolute atomic E-state index is 0.0313. The summed E-state index contributed by atoms with van der Waals surface area (Å²) in [5.74, 6) is 2.33. The van der Waals surface area contributed by atoms with Gasteiger partial charge in [-0.25, -0.2) is 4.98 Å². The lowest BCUT2D eigenvalue weighted by Crippen LogP contribution is -2.36. The second kappa shape index (κ2) is 7.84. The number of rotatable bonds is 5. The minimum atomic E-state index is -0.0313. The molecule has 2 aliphatic rings. The Bertz CT molecular complexity index is 803. The van der Waals surface area contributed by atoms with Gasteiger partial charge < -0.3 is 24.0 Å².